The van der Waals surface area contributed by atoms with E-state index in [0.29, 0.717) is 31.0 Å². The molecule has 1 saturated heterocycles. The minimum Gasteiger partial charge on any atom is -0.493 e. The Labute approximate surface area is 201 Å². The lowest BCUT2D eigenvalue weighted by atomic mass is 10.0. The summed E-state index contributed by atoms with van der Waals surface area (Å²) >= 11 is 0. The maximum absolute atomic E-state index is 13.4. The Morgan fingerprint density at radius 1 is 1.03 bits per heavy atom. The van der Waals surface area contributed by atoms with Crippen molar-refractivity contribution in [3.63, 3.8) is 0 Å². The molecule has 7 nitrogen and oxygen atoms in total. The van der Waals surface area contributed by atoms with Gasteiger partial charge >= 0.3 is 0 Å². The maximum Gasteiger partial charge on any atom is 0.259 e. The van der Waals surface area contributed by atoms with Crippen molar-refractivity contribution in [2.24, 2.45) is 0 Å². The van der Waals surface area contributed by atoms with Crippen LogP contribution in [0.2, 0.25) is 0 Å². The highest BCUT2D eigenvalue weighted by molar-refractivity contribution is 5.96. The summed E-state index contributed by atoms with van der Waals surface area (Å²) < 4.78 is 5.95. The second-order valence-electron chi connectivity index (χ2n) is 9.14. The molecule has 1 amide bonds. The maximum atomic E-state index is 13.4. The van der Waals surface area contributed by atoms with Crippen molar-refractivity contribution in [1.82, 2.24) is 24.7 Å². The van der Waals surface area contributed by atoms with E-state index >= 15 is 0 Å². The molecule has 34 heavy (non-hydrogen) atoms. The molecule has 0 bridgehead atoms. The van der Waals surface area contributed by atoms with E-state index in [9.17, 15) is 4.79 Å². The van der Waals surface area contributed by atoms with E-state index in [2.05, 4.69) is 50.1 Å². The molecule has 0 N–H and O–H groups in total. The van der Waals surface area contributed by atoms with Gasteiger partial charge < -0.3 is 14.5 Å². The first kappa shape index (κ1) is 22.5. The zero-order valence-corrected chi connectivity index (χ0v) is 19.9. The highest BCUT2D eigenvalue weighted by Gasteiger charge is 2.36. The van der Waals surface area contributed by atoms with Crippen molar-refractivity contribution in [2.75, 3.05) is 53.4 Å². The van der Waals surface area contributed by atoms with Crippen LogP contribution in [-0.2, 0) is 0 Å². The topological polar surface area (TPSA) is 61.8 Å². The molecule has 2 aromatic heterocycles. The first-order valence-corrected chi connectivity index (χ1v) is 11.9. The highest BCUT2D eigenvalue weighted by atomic mass is 16.5. The average Bonchev–Trinajstić information content (AvgIpc) is 3.21. The van der Waals surface area contributed by atoms with Crippen molar-refractivity contribution in [1.29, 1.82) is 0 Å². The normalized spacial score (nSPS) is 17.5. The Morgan fingerprint density at radius 2 is 1.82 bits per heavy atom. The third-order valence-corrected chi connectivity index (χ3v) is 6.63. The number of hydrogen-bond donors (Lipinski definition) is 0. The van der Waals surface area contributed by atoms with E-state index in [0.717, 1.165) is 31.7 Å². The molecule has 7 heteroatoms. The third-order valence-electron chi connectivity index (χ3n) is 6.63. The van der Waals surface area contributed by atoms with Crippen LogP contribution in [0.25, 0.3) is 11.3 Å². The molecule has 0 spiro atoms. The van der Waals surface area contributed by atoms with Crippen LogP contribution in [0, 0.1) is 0 Å². The molecule has 1 unspecified atom stereocenters. The van der Waals surface area contributed by atoms with Gasteiger partial charge in [0, 0.05) is 62.4 Å². The van der Waals surface area contributed by atoms with Gasteiger partial charge in [-0.25, -0.2) is 0 Å². The van der Waals surface area contributed by atoms with Gasteiger partial charge in [-0.1, -0.05) is 30.3 Å². The molecule has 1 aliphatic carbocycles. The molecule has 3 heterocycles. The van der Waals surface area contributed by atoms with Gasteiger partial charge in [-0.05, 0) is 38.2 Å². The summed E-state index contributed by atoms with van der Waals surface area (Å²) in [7, 11) is 4.08. The lowest BCUT2D eigenvalue weighted by molar-refractivity contribution is 0.0595. The Morgan fingerprint density at radius 3 is 2.65 bits per heavy atom. The summed E-state index contributed by atoms with van der Waals surface area (Å²) in [5, 5.41) is 0. The largest absolute Gasteiger partial charge is 0.493 e. The predicted octanol–water partition coefficient (Wildman–Crippen LogP) is 3.33. The smallest absolute Gasteiger partial charge is 0.259 e. The van der Waals surface area contributed by atoms with Crippen LogP contribution < -0.4 is 4.74 Å². The molecule has 2 aliphatic rings. The highest BCUT2D eigenvalue weighted by Crippen LogP contribution is 2.45. The van der Waals surface area contributed by atoms with Crippen molar-refractivity contribution in [2.45, 2.75) is 12.5 Å². The second-order valence-corrected chi connectivity index (χ2v) is 9.14. The van der Waals surface area contributed by atoms with Crippen LogP contribution in [0.5, 0.6) is 5.75 Å². The van der Waals surface area contributed by atoms with Gasteiger partial charge in [-0.3, -0.25) is 19.7 Å². The number of nitrogens with zero attached hydrogens (tertiary/aromatic N) is 5. The number of carbonyl (C=O) groups is 1. The second kappa shape index (κ2) is 9.91. The van der Waals surface area contributed by atoms with Crippen LogP contribution in [0.1, 0.15) is 33.9 Å². The minimum atomic E-state index is -0.00996. The average molecular weight is 458 g/mol. The fourth-order valence-electron chi connectivity index (χ4n) is 4.96. The Bertz CT molecular complexity index is 1110. The van der Waals surface area contributed by atoms with Crippen LogP contribution >= 0.6 is 0 Å². The van der Waals surface area contributed by atoms with Gasteiger partial charge in [-0.15, -0.1) is 0 Å². The number of pyridine rings is 2. The fraction of sp³-hybridized carbons (Fsp3) is 0.370. The molecule has 0 radical (unpaired) electrons. The molecule has 0 saturated carbocycles. The number of aromatic nitrogens is 2. The molecule has 1 atom stereocenters. The monoisotopic (exact) mass is 457 g/mol. The van der Waals surface area contributed by atoms with E-state index in [4.69, 9.17) is 4.74 Å². The van der Waals surface area contributed by atoms with Crippen molar-refractivity contribution < 1.29 is 9.53 Å². The van der Waals surface area contributed by atoms with Crippen molar-refractivity contribution in [3.8, 4) is 17.0 Å². The van der Waals surface area contributed by atoms with Crippen LogP contribution in [0.3, 0.4) is 0 Å². The summed E-state index contributed by atoms with van der Waals surface area (Å²) in [6.45, 7) is 4.46. The summed E-state index contributed by atoms with van der Waals surface area (Å²) in [5.74, 6) is 0.607. The Hall–Kier alpha value is -3.29. The number of ether oxygens (including phenoxy) is 1. The van der Waals surface area contributed by atoms with E-state index in [-0.39, 0.29) is 11.9 Å². The summed E-state index contributed by atoms with van der Waals surface area (Å²) in [4.78, 5) is 28.7. The Kier molecular flexibility index (Phi) is 6.56. The number of rotatable bonds is 7. The van der Waals surface area contributed by atoms with Gasteiger partial charge in [0.05, 0.1) is 23.9 Å². The Balaban J connectivity index is 1.27. The molecule has 5 rings (SSSR count). The fourth-order valence-corrected chi connectivity index (χ4v) is 4.96. The molecule has 1 aromatic carbocycles. The SMILES string of the molecule is CN(C)CCCOc1ccncc1C(=O)N1CCN(C2c3ccccc3-c3ncccc32)CC1. The first-order chi connectivity index (χ1) is 16.6. The molecule has 1 fully saturated rings. The first-order valence-electron chi connectivity index (χ1n) is 11.9. The summed E-state index contributed by atoms with van der Waals surface area (Å²) in [6, 6.07) is 14.7. The van der Waals surface area contributed by atoms with Crippen LogP contribution in [0.4, 0.5) is 0 Å². The van der Waals surface area contributed by atoms with Gasteiger partial charge in [-0.2, -0.15) is 0 Å². The van der Waals surface area contributed by atoms with E-state index in [1.54, 1.807) is 18.5 Å². The van der Waals surface area contributed by atoms with Gasteiger partial charge in [0.1, 0.15) is 5.75 Å². The van der Waals surface area contributed by atoms with Crippen LogP contribution in [-0.4, -0.2) is 84.0 Å². The molecular formula is C27H31N5O2. The third kappa shape index (κ3) is 4.41. The van der Waals surface area contributed by atoms with Crippen molar-refractivity contribution >= 4 is 5.91 Å². The zero-order chi connectivity index (χ0) is 23.5. The van der Waals surface area contributed by atoms with E-state index < -0.39 is 0 Å². The number of fused-ring (bicyclic) bond motifs is 3. The number of hydrogen-bond acceptors (Lipinski definition) is 6. The van der Waals surface area contributed by atoms with Gasteiger partial charge in [0.15, 0.2) is 0 Å². The number of piperazine rings is 1. The number of carbonyl (C=O) groups excluding carboxylic acids is 1. The lowest BCUT2D eigenvalue weighted by Gasteiger charge is -2.38. The zero-order valence-electron chi connectivity index (χ0n) is 19.9. The quantitative estimate of drug-likeness (QED) is 0.507. The standard InChI is InChI=1S/C27H31N5O2/c1-30(2)13-6-18-34-24-10-12-28-19-23(24)27(33)32-16-14-31(15-17-32)26-21-8-4-3-7-20(21)25-22(26)9-5-11-29-25/h3-5,7-12,19,26H,6,13-18H2,1-2H3. The minimum absolute atomic E-state index is 0.00996. The molecule has 3 aromatic rings. The van der Waals surface area contributed by atoms with E-state index in [1.165, 1.54) is 16.7 Å². The van der Waals surface area contributed by atoms with Gasteiger partial charge in [0.2, 0.25) is 0 Å². The number of benzene rings is 1. The van der Waals surface area contributed by atoms with Crippen molar-refractivity contribution in [3.05, 3.63) is 77.7 Å². The summed E-state index contributed by atoms with van der Waals surface area (Å²) in [6.07, 6.45) is 6.08. The summed E-state index contributed by atoms with van der Waals surface area (Å²) in [5.41, 5.74) is 5.39. The molecule has 1 aliphatic heterocycles. The number of amides is 1. The lowest BCUT2D eigenvalue weighted by Crippen LogP contribution is -2.49. The van der Waals surface area contributed by atoms with Crippen LogP contribution in [0.15, 0.2) is 61.1 Å². The van der Waals surface area contributed by atoms with Gasteiger partial charge in [0.25, 0.3) is 5.91 Å². The molecule has 176 valence electrons. The predicted molar refractivity (Wildman–Crippen MR) is 132 cm³/mol. The van der Waals surface area contributed by atoms with E-state index in [1.807, 2.05) is 31.3 Å². The molecular weight excluding hydrogens is 426 g/mol.